The van der Waals surface area contributed by atoms with Crippen LogP contribution in [0.3, 0.4) is 0 Å². The Morgan fingerprint density at radius 2 is 1.83 bits per heavy atom. The first kappa shape index (κ1) is 18.3. The van der Waals surface area contributed by atoms with E-state index in [0.717, 1.165) is 0 Å². The maximum Gasteiger partial charge on any atom is 0.255 e. The molecule has 0 aliphatic rings. The highest BCUT2D eigenvalue weighted by Crippen LogP contribution is 2.25. The molecule has 0 unspecified atom stereocenters. The maximum atomic E-state index is 12.3. The minimum absolute atomic E-state index is 0.0874. The van der Waals surface area contributed by atoms with Gasteiger partial charge in [-0.25, -0.2) is 13.1 Å². The van der Waals surface area contributed by atoms with Crippen LogP contribution in [0.15, 0.2) is 47.4 Å². The second-order valence-electron chi connectivity index (χ2n) is 4.83. The van der Waals surface area contributed by atoms with E-state index in [0.29, 0.717) is 10.7 Å². The molecule has 2 aromatic carbocycles. The zero-order chi connectivity index (χ0) is 17.7. The number of rotatable bonds is 6. The van der Waals surface area contributed by atoms with Crippen molar-refractivity contribution in [2.75, 3.05) is 19.0 Å². The number of benzene rings is 2. The summed E-state index contributed by atoms with van der Waals surface area (Å²) in [6.45, 7) is 1.90. The van der Waals surface area contributed by atoms with Crippen molar-refractivity contribution in [1.82, 2.24) is 4.72 Å². The molecule has 0 spiro atoms. The third-order valence-corrected chi connectivity index (χ3v) is 4.97. The van der Waals surface area contributed by atoms with E-state index in [1.807, 2.05) is 0 Å². The highest BCUT2D eigenvalue weighted by Gasteiger charge is 2.21. The van der Waals surface area contributed by atoms with Crippen molar-refractivity contribution in [3.8, 4) is 5.75 Å². The number of carbonyl (C=O) groups excluding carboxylic acids is 1. The molecule has 0 radical (unpaired) electrons. The molecule has 0 saturated carbocycles. The summed E-state index contributed by atoms with van der Waals surface area (Å²) in [6.07, 6.45) is 0. The third-order valence-electron chi connectivity index (χ3n) is 3.15. The molecule has 0 aromatic heterocycles. The Morgan fingerprint density at radius 3 is 2.42 bits per heavy atom. The summed E-state index contributed by atoms with van der Waals surface area (Å²) in [4.78, 5) is 12.2. The van der Waals surface area contributed by atoms with E-state index in [1.165, 1.54) is 25.3 Å². The summed E-state index contributed by atoms with van der Waals surface area (Å²) in [6, 6.07) is 10.8. The minimum Gasteiger partial charge on any atom is -0.495 e. The zero-order valence-corrected chi connectivity index (χ0v) is 14.7. The topological polar surface area (TPSA) is 84.5 Å². The summed E-state index contributed by atoms with van der Waals surface area (Å²) in [7, 11) is -2.39. The summed E-state index contributed by atoms with van der Waals surface area (Å²) in [5.74, 6) is -0.271. The van der Waals surface area contributed by atoms with Crippen LogP contribution in [-0.2, 0) is 10.0 Å². The van der Waals surface area contributed by atoms with Gasteiger partial charge in [0.15, 0.2) is 0 Å². The van der Waals surface area contributed by atoms with E-state index in [2.05, 4.69) is 10.0 Å². The van der Waals surface area contributed by atoms with E-state index in [9.17, 15) is 13.2 Å². The maximum absolute atomic E-state index is 12.3. The Labute approximate surface area is 145 Å². The number of ether oxygens (including phenoxy) is 1. The van der Waals surface area contributed by atoms with Gasteiger partial charge >= 0.3 is 0 Å². The monoisotopic (exact) mass is 368 g/mol. The predicted octanol–water partition coefficient (Wildman–Crippen LogP) is 2.90. The van der Waals surface area contributed by atoms with Gasteiger partial charge in [-0.2, -0.15) is 0 Å². The Morgan fingerprint density at radius 1 is 1.17 bits per heavy atom. The van der Waals surface area contributed by atoms with Crippen molar-refractivity contribution in [1.29, 1.82) is 0 Å². The van der Waals surface area contributed by atoms with E-state index < -0.39 is 15.9 Å². The summed E-state index contributed by atoms with van der Waals surface area (Å²) in [5, 5.41) is 3.23. The van der Waals surface area contributed by atoms with Crippen LogP contribution in [0.25, 0.3) is 0 Å². The van der Waals surface area contributed by atoms with Crippen molar-refractivity contribution in [3.63, 3.8) is 0 Å². The van der Waals surface area contributed by atoms with Crippen LogP contribution >= 0.6 is 11.6 Å². The van der Waals surface area contributed by atoms with Crippen LogP contribution in [0.1, 0.15) is 17.3 Å². The average Bonchev–Trinajstić information content (AvgIpc) is 2.56. The first-order valence-electron chi connectivity index (χ1n) is 7.12. The number of amides is 1. The molecule has 8 heteroatoms. The van der Waals surface area contributed by atoms with Gasteiger partial charge in [-0.15, -0.1) is 0 Å². The first-order valence-corrected chi connectivity index (χ1v) is 8.98. The standard InChI is InChI=1S/C16H17ClN2O4S/c1-3-18-24(21,22)15-10-11(4-9-14(15)23-2)16(20)19-13-7-5-12(17)6-8-13/h4-10,18H,3H2,1-2H3,(H,19,20). The van der Waals surface area contributed by atoms with Gasteiger partial charge in [0, 0.05) is 22.8 Å². The van der Waals surface area contributed by atoms with Crippen molar-refractivity contribution >= 4 is 33.2 Å². The van der Waals surface area contributed by atoms with Gasteiger partial charge < -0.3 is 10.1 Å². The van der Waals surface area contributed by atoms with Crippen LogP contribution in [-0.4, -0.2) is 28.0 Å². The Kier molecular flexibility index (Phi) is 5.82. The Balaban J connectivity index is 2.34. The van der Waals surface area contributed by atoms with Crippen molar-refractivity contribution < 1.29 is 17.9 Å². The van der Waals surface area contributed by atoms with Gasteiger partial charge in [-0.05, 0) is 42.5 Å². The third kappa shape index (κ3) is 4.25. The Hall–Kier alpha value is -2.09. The van der Waals surface area contributed by atoms with Crippen LogP contribution < -0.4 is 14.8 Å². The molecule has 0 bridgehead atoms. The van der Waals surface area contributed by atoms with Crippen molar-refractivity contribution in [2.24, 2.45) is 0 Å². The van der Waals surface area contributed by atoms with Gasteiger partial charge in [0.1, 0.15) is 10.6 Å². The number of hydrogen-bond donors (Lipinski definition) is 2. The lowest BCUT2D eigenvalue weighted by Gasteiger charge is -2.12. The number of methoxy groups -OCH3 is 1. The lowest BCUT2D eigenvalue weighted by molar-refractivity contribution is 0.102. The van der Waals surface area contributed by atoms with Crippen molar-refractivity contribution in [3.05, 3.63) is 53.1 Å². The fourth-order valence-corrected chi connectivity index (χ4v) is 3.39. The lowest BCUT2D eigenvalue weighted by atomic mass is 10.2. The first-order chi connectivity index (χ1) is 11.4. The van der Waals surface area contributed by atoms with Crippen LogP contribution in [0, 0.1) is 0 Å². The fraction of sp³-hybridized carbons (Fsp3) is 0.188. The van der Waals surface area contributed by atoms with Crippen molar-refractivity contribution in [2.45, 2.75) is 11.8 Å². The molecule has 0 aliphatic carbocycles. The zero-order valence-electron chi connectivity index (χ0n) is 13.2. The molecule has 0 atom stereocenters. The van der Waals surface area contributed by atoms with Gasteiger partial charge in [-0.3, -0.25) is 4.79 Å². The van der Waals surface area contributed by atoms with Gasteiger partial charge in [0.2, 0.25) is 10.0 Å². The van der Waals surface area contributed by atoms with E-state index in [4.69, 9.17) is 16.3 Å². The number of carbonyl (C=O) groups is 1. The average molecular weight is 369 g/mol. The second-order valence-corrected chi connectivity index (χ2v) is 7.00. The molecular weight excluding hydrogens is 352 g/mol. The summed E-state index contributed by atoms with van der Waals surface area (Å²) >= 11 is 5.80. The van der Waals surface area contributed by atoms with E-state index >= 15 is 0 Å². The number of anilines is 1. The largest absolute Gasteiger partial charge is 0.495 e. The van der Waals surface area contributed by atoms with Crippen LogP contribution in [0.4, 0.5) is 5.69 Å². The second kappa shape index (κ2) is 7.65. The number of sulfonamides is 1. The molecule has 2 rings (SSSR count). The molecular formula is C16H17ClN2O4S. The predicted molar refractivity (Wildman–Crippen MR) is 93.3 cm³/mol. The smallest absolute Gasteiger partial charge is 0.255 e. The molecule has 0 saturated heterocycles. The molecule has 0 aliphatic heterocycles. The molecule has 6 nitrogen and oxygen atoms in total. The Bertz CT molecular complexity index is 836. The fourth-order valence-electron chi connectivity index (χ4n) is 2.03. The number of nitrogens with one attached hydrogen (secondary N) is 2. The van der Waals surface area contributed by atoms with Crippen LogP contribution in [0.5, 0.6) is 5.75 Å². The molecule has 2 N–H and O–H groups in total. The molecule has 0 heterocycles. The normalized spacial score (nSPS) is 11.1. The molecule has 0 fully saturated rings. The van der Waals surface area contributed by atoms with Crippen LogP contribution in [0.2, 0.25) is 5.02 Å². The van der Waals surface area contributed by atoms with E-state index in [1.54, 1.807) is 31.2 Å². The molecule has 128 valence electrons. The SMILES string of the molecule is CCNS(=O)(=O)c1cc(C(=O)Nc2ccc(Cl)cc2)ccc1OC. The number of halogens is 1. The summed E-state index contributed by atoms with van der Waals surface area (Å²) < 4.78 is 31.9. The molecule has 24 heavy (non-hydrogen) atoms. The van der Waals surface area contributed by atoms with Gasteiger partial charge in [-0.1, -0.05) is 18.5 Å². The van der Waals surface area contributed by atoms with Gasteiger partial charge in [0.05, 0.1) is 7.11 Å². The molecule has 1 amide bonds. The van der Waals surface area contributed by atoms with Gasteiger partial charge in [0.25, 0.3) is 5.91 Å². The number of hydrogen-bond acceptors (Lipinski definition) is 4. The summed E-state index contributed by atoms with van der Waals surface area (Å²) in [5.41, 5.74) is 0.749. The lowest BCUT2D eigenvalue weighted by Crippen LogP contribution is -2.24. The minimum atomic E-state index is -3.76. The molecule has 2 aromatic rings. The van der Waals surface area contributed by atoms with E-state index in [-0.39, 0.29) is 22.8 Å². The highest BCUT2D eigenvalue weighted by atomic mass is 35.5. The quantitative estimate of drug-likeness (QED) is 0.821. The highest BCUT2D eigenvalue weighted by molar-refractivity contribution is 7.89.